The molecule has 4 rings (SSSR count). The van der Waals surface area contributed by atoms with E-state index < -0.39 is 0 Å². The molecule has 0 aliphatic heterocycles. The van der Waals surface area contributed by atoms with Gasteiger partial charge in [-0.15, -0.1) is 0 Å². The third-order valence-electron chi connectivity index (χ3n) is 4.31. The van der Waals surface area contributed by atoms with Crippen LogP contribution in [0.2, 0.25) is 0 Å². The van der Waals surface area contributed by atoms with Crippen LogP contribution in [0.4, 0.5) is 5.69 Å². The Balaban J connectivity index is 2.13. The quantitative estimate of drug-likeness (QED) is 0.545. The summed E-state index contributed by atoms with van der Waals surface area (Å²) in [7, 11) is 0. The highest BCUT2D eigenvalue weighted by Crippen LogP contribution is 2.26. The number of rotatable bonds is 2. The summed E-state index contributed by atoms with van der Waals surface area (Å²) in [5.41, 5.74) is 10.9. The first-order chi connectivity index (χ1) is 12.1. The molecule has 0 atom stereocenters. The molecule has 0 spiro atoms. The lowest BCUT2D eigenvalue weighted by Crippen LogP contribution is -2.22. The maximum absolute atomic E-state index is 8.77. The zero-order valence-corrected chi connectivity index (χ0v) is 13.9. The summed E-state index contributed by atoms with van der Waals surface area (Å²) in [6.45, 7) is 2.05. The molecule has 3 N–H and O–H groups in total. The van der Waals surface area contributed by atoms with Crippen LogP contribution in [-0.4, -0.2) is 9.55 Å². The molecule has 4 nitrogen and oxygen atoms in total. The summed E-state index contributed by atoms with van der Waals surface area (Å²) >= 11 is 0. The second-order valence-corrected chi connectivity index (χ2v) is 6.06. The number of aromatic nitrogens is 2. The smallest absolute Gasteiger partial charge is 0.148 e. The van der Waals surface area contributed by atoms with Crippen molar-refractivity contribution in [2.24, 2.45) is 0 Å². The summed E-state index contributed by atoms with van der Waals surface area (Å²) in [5.74, 6) is 0.672. The highest BCUT2D eigenvalue weighted by atomic mass is 15.1. The van der Waals surface area contributed by atoms with Crippen LogP contribution < -0.4 is 11.2 Å². The molecule has 0 saturated carbocycles. The molecular weight excluding hydrogens is 308 g/mol. The zero-order chi connectivity index (χ0) is 17.4. The van der Waals surface area contributed by atoms with Crippen molar-refractivity contribution in [1.29, 1.82) is 5.41 Å². The topological polar surface area (TPSA) is 67.7 Å². The molecule has 1 heterocycles. The molecule has 0 bridgehead atoms. The maximum atomic E-state index is 8.77. The van der Waals surface area contributed by atoms with Gasteiger partial charge in [0.05, 0.1) is 5.52 Å². The molecule has 0 radical (unpaired) electrons. The zero-order valence-electron chi connectivity index (χ0n) is 13.9. The van der Waals surface area contributed by atoms with Gasteiger partial charge in [0.25, 0.3) is 0 Å². The predicted molar refractivity (Wildman–Crippen MR) is 102 cm³/mol. The molecule has 0 aliphatic rings. The van der Waals surface area contributed by atoms with Gasteiger partial charge in [-0.2, -0.15) is 0 Å². The number of nitrogens with two attached hydrogens (primary N) is 1. The summed E-state index contributed by atoms with van der Waals surface area (Å²) < 4.78 is 1.85. The minimum absolute atomic E-state index is 0.396. The summed E-state index contributed by atoms with van der Waals surface area (Å²) in [6, 6.07) is 23.4. The average molecular weight is 326 g/mol. The minimum Gasteiger partial charge on any atom is -0.398 e. The van der Waals surface area contributed by atoms with Crippen molar-refractivity contribution in [3.05, 3.63) is 83.8 Å². The number of benzene rings is 3. The molecule has 0 aliphatic carbocycles. The number of nitrogens with zero attached hydrogens (tertiary/aromatic N) is 2. The summed E-state index contributed by atoms with van der Waals surface area (Å²) in [6.07, 6.45) is 0. The van der Waals surface area contributed by atoms with E-state index in [1.54, 1.807) is 0 Å². The van der Waals surface area contributed by atoms with Gasteiger partial charge in [0.2, 0.25) is 0 Å². The highest BCUT2D eigenvalue weighted by molar-refractivity contribution is 5.82. The third kappa shape index (κ3) is 2.58. The monoisotopic (exact) mass is 326 g/mol. The normalized spacial score (nSPS) is 10.9. The second kappa shape index (κ2) is 5.91. The van der Waals surface area contributed by atoms with Gasteiger partial charge in [0.1, 0.15) is 11.3 Å². The van der Waals surface area contributed by atoms with E-state index >= 15 is 0 Å². The van der Waals surface area contributed by atoms with Crippen LogP contribution in [0.15, 0.2) is 72.8 Å². The van der Waals surface area contributed by atoms with Gasteiger partial charge in [-0.05, 0) is 43.3 Å². The van der Waals surface area contributed by atoms with Gasteiger partial charge in [-0.3, -0.25) is 9.98 Å². The van der Waals surface area contributed by atoms with E-state index in [2.05, 4.69) is 0 Å². The Bertz CT molecular complexity index is 1120. The van der Waals surface area contributed by atoms with Crippen LogP contribution >= 0.6 is 0 Å². The first kappa shape index (κ1) is 15.1. The molecule has 4 heteroatoms. The van der Waals surface area contributed by atoms with Gasteiger partial charge in [0, 0.05) is 22.3 Å². The van der Waals surface area contributed by atoms with Crippen molar-refractivity contribution in [2.45, 2.75) is 6.92 Å². The maximum Gasteiger partial charge on any atom is 0.148 e. The van der Waals surface area contributed by atoms with Crippen molar-refractivity contribution in [2.75, 3.05) is 5.73 Å². The van der Waals surface area contributed by atoms with Gasteiger partial charge < -0.3 is 5.73 Å². The number of aryl methyl sites for hydroxylation is 1. The fourth-order valence-electron chi connectivity index (χ4n) is 2.99. The van der Waals surface area contributed by atoms with Crippen LogP contribution in [-0.2, 0) is 0 Å². The van der Waals surface area contributed by atoms with Crippen molar-refractivity contribution in [3.8, 4) is 17.1 Å². The van der Waals surface area contributed by atoms with E-state index in [0.717, 1.165) is 22.2 Å². The molecule has 0 saturated heterocycles. The van der Waals surface area contributed by atoms with Gasteiger partial charge in [0.15, 0.2) is 0 Å². The fraction of sp³-hybridized carbons (Fsp3) is 0.0476. The van der Waals surface area contributed by atoms with Crippen molar-refractivity contribution in [1.82, 2.24) is 9.55 Å². The van der Waals surface area contributed by atoms with Crippen LogP contribution in [0.3, 0.4) is 0 Å². The van der Waals surface area contributed by atoms with Crippen LogP contribution in [0.5, 0.6) is 0 Å². The average Bonchev–Trinajstić information content (AvgIpc) is 2.63. The van der Waals surface area contributed by atoms with E-state index in [0.29, 0.717) is 17.0 Å². The molecule has 3 aromatic carbocycles. The van der Waals surface area contributed by atoms with Crippen molar-refractivity contribution >= 4 is 16.6 Å². The largest absolute Gasteiger partial charge is 0.398 e. The lowest BCUT2D eigenvalue weighted by molar-refractivity contribution is 0.922. The number of hydrogen-bond acceptors (Lipinski definition) is 3. The number of nitrogens with one attached hydrogen (secondary N) is 1. The van der Waals surface area contributed by atoms with Crippen LogP contribution in [0.1, 0.15) is 5.56 Å². The number of nitrogen functional groups attached to an aromatic ring is 1. The Morgan fingerprint density at radius 2 is 1.56 bits per heavy atom. The molecule has 122 valence electrons. The molecular formula is C21H18N4. The van der Waals surface area contributed by atoms with Gasteiger partial charge in [-0.25, -0.2) is 4.98 Å². The SMILES string of the molecule is Cc1ccc(-n2c(-c3ccccc3N)nc3ccccc3c2=N)cc1. The van der Waals surface area contributed by atoms with E-state index in [9.17, 15) is 0 Å². The molecule has 1 aromatic heterocycles. The Morgan fingerprint density at radius 3 is 2.32 bits per heavy atom. The standard InChI is InChI=1S/C21H18N4/c1-14-10-12-15(13-11-14)25-20(23)17-7-3-5-9-19(17)24-21(25)16-6-2-4-8-18(16)22/h2-13,23H,22H2,1H3. The number of hydrogen-bond donors (Lipinski definition) is 2. The minimum atomic E-state index is 0.396. The van der Waals surface area contributed by atoms with E-state index in [1.807, 2.05) is 84.3 Å². The highest BCUT2D eigenvalue weighted by Gasteiger charge is 2.14. The van der Waals surface area contributed by atoms with Crippen LogP contribution in [0.25, 0.3) is 28.0 Å². The summed E-state index contributed by atoms with van der Waals surface area (Å²) in [4.78, 5) is 4.83. The Hall–Kier alpha value is -3.40. The molecule has 0 amide bonds. The first-order valence-electron chi connectivity index (χ1n) is 8.13. The summed E-state index contributed by atoms with van der Waals surface area (Å²) in [5, 5.41) is 9.58. The van der Waals surface area contributed by atoms with Crippen molar-refractivity contribution in [3.63, 3.8) is 0 Å². The number of para-hydroxylation sites is 2. The van der Waals surface area contributed by atoms with E-state index in [4.69, 9.17) is 16.1 Å². The van der Waals surface area contributed by atoms with Gasteiger partial charge >= 0.3 is 0 Å². The Labute approximate surface area is 145 Å². The number of fused-ring (bicyclic) bond motifs is 1. The van der Waals surface area contributed by atoms with E-state index in [1.165, 1.54) is 5.56 Å². The fourth-order valence-corrected chi connectivity index (χ4v) is 2.99. The molecule has 0 fully saturated rings. The van der Waals surface area contributed by atoms with Crippen molar-refractivity contribution < 1.29 is 0 Å². The molecule has 25 heavy (non-hydrogen) atoms. The second-order valence-electron chi connectivity index (χ2n) is 6.06. The Kier molecular flexibility index (Phi) is 3.58. The lowest BCUT2D eigenvalue weighted by atomic mass is 10.1. The third-order valence-corrected chi connectivity index (χ3v) is 4.31. The van der Waals surface area contributed by atoms with E-state index in [-0.39, 0.29) is 0 Å². The molecule has 0 unspecified atom stereocenters. The predicted octanol–water partition coefficient (Wildman–Crippen LogP) is 4.06. The number of anilines is 1. The first-order valence-corrected chi connectivity index (χ1v) is 8.13. The lowest BCUT2D eigenvalue weighted by Gasteiger charge is -2.16. The molecule has 4 aromatic rings. The van der Waals surface area contributed by atoms with Crippen LogP contribution in [0, 0.1) is 12.3 Å². The Morgan fingerprint density at radius 1 is 0.880 bits per heavy atom. The van der Waals surface area contributed by atoms with Gasteiger partial charge in [-0.1, -0.05) is 42.0 Å².